The van der Waals surface area contributed by atoms with Gasteiger partial charge in [-0.15, -0.1) is 0 Å². The van der Waals surface area contributed by atoms with Crippen LogP contribution >= 0.6 is 11.6 Å². The van der Waals surface area contributed by atoms with E-state index >= 15 is 4.39 Å². The molecule has 0 bridgehead atoms. The summed E-state index contributed by atoms with van der Waals surface area (Å²) in [4.78, 5) is 17.2. The Bertz CT molecular complexity index is 1230. The number of rotatable bonds is 5. The van der Waals surface area contributed by atoms with Gasteiger partial charge in [-0.2, -0.15) is 13.2 Å². The molecule has 0 aliphatic carbocycles. The third kappa shape index (κ3) is 5.28. The number of nitrogens with zero attached hydrogens (tertiary/aromatic N) is 1. The van der Waals surface area contributed by atoms with E-state index in [2.05, 4.69) is 15.6 Å². The molecule has 0 radical (unpaired) electrons. The van der Waals surface area contributed by atoms with Gasteiger partial charge in [-0.05, 0) is 48.9 Å². The highest BCUT2D eigenvalue weighted by atomic mass is 35.5. The number of aromatic nitrogens is 1. The highest BCUT2D eigenvalue weighted by molar-refractivity contribution is 6.34. The number of fused-ring (bicyclic) bond motifs is 1. The van der Waals surface area contributed by atoms with Gasteiger partial charge in [-0.1, -0.05) is 23.7 Å². The summed E-state index contributed by atoms with van der Waals surface area (Å²) in [6.07, 6.45) is -3.98. The first-order valence-corrected chi connectivity index (χ1v) is 10.5. The van der Waals surface area contributed by atoms with E-state index in [1.54, 1.807) is 12.1 Å². The summed E-state index contributed by atoms with van der Waals surface area (Å²) in [6, 6.07) is 8.67. The number of carbonyl (C=O) groups excluding carboxylic acids is 1. The number of para-hydroxylation sites is 1. The zero-order valence-corrected chi connectivity index (χ0v) is 18.2. The van der Waals surface area contributed by atoms with E-state index in [9.17, 15) is 22.4 Å². The molecule has 0 fully saturated rings. The fraction of sp³-hybridized carbons (Fsp3) is 0.217. The van der Waals surface area contributed by atoms with Crippen molar-refractivity contribution < 1.29 is 31.5 Å². The van der Waals surface area contributed by atoms with Crippen LogP contribution in [0.25, 0.3) is 11.3 Å². The standard InChI is InChI=1S/C23H17ClF5N3O2/c24-15-2-1-3-16(25)21(15)32-22(33)14-8-17(26)13(9-20(14)34-11-23(27,28)29)18-5-4-12-6-7-30-10-19(12)31-18/h1-5,8-9,30H,6-7,10-11H2,(H,32,33). The maximum Gasteiger partial charge on any atom is 0.422 e. The Hall–Kier alpha value is -3.24. The largest absolute Gasteiger partial charge is 0.483 e. The van der Waals surface area contributed by atoms with Crippen LogP contribution in [0.3, 0.4) is 0 Å². The van der Waals surface area contributed by atoms with Gasteiger partial charge in [-0.3, -0.25) is 9.78 Å². The smallest absolute Gasteiger partial charge is 0.422 e. The predicted molar refractivity (Wildman–Crippen MR) is 116 cm³/mol. The Kier molecular flexibility index (Phi) is 6.72. The Labute approximate surface area is 195 Å². The van der Waals surface area contributed by atoms with Crippen molar-refractivity contribution in [1.29, 1.82) is 0 Å². The monoisotopic (exact) mass is 497 g/mol. The molecule has 2 N–H and O–H groups in total. The summed E-state index contributed by atoms with van der Waals surface area (Å²) in [5.41, 5.74) is 0.729. The second kappa shape index (κ2) is 9.55. The number of hydrogen-bond donors (Lipinski definition) is 2. The summed E-state index contributed by atoms with van der Waals surface area (Å²) in [7, 11) is 0. The van der Waals surface area contributed by atoms with Crippen LogP contribution in [0.2, 0.25) is 5.02 Å². The maximum atomic E-state index is 15.1. The van der Waals surface area contributed by atoms with E-state index in [4.69, 9.17) is 16.3 Å². The number of benzene rings is 2. The highest BCUT2D eigenvalue weighted by Gasteiger charge is 2.30. The predicted octanol–water partition coefficient (Wildman–Crippen LogP) is 5.52. The summed E-state index contributed by atoms with van der Waals surface area (Å²) >= 11 is 5.89. The first-order chi connectivity index (χ1) is 16.1. The molecule has 11 heteroatoms. The van der Waals surface area contributed by atoms with Crippen LogP contribution in [0.4, 0.5) is 27.6 Å². The van der Waals surface area contributed by atoms with E-state index < -0.39 is 47.3 Å². The van der Waals surface area contributed by atoms with Gasteiger partial charge in [0, 0.05) is 12.1 Å². The number of ether oxygens (including phenoxy) is 1. The summed E-state index contributed by atoms with van der Waals surface area (Å²) < 4.78 is 72.5. The van der Waals surface area contributed by atoms with Crippen molar-refractivity contribution in [2.45, 2.75) is 19.1 Å². The van der Waals surface area contributed by atoms with Gasteiger partial charge in [0.1, 0.15) is 17.4 Å². The maximum absolute atomic E-state index is 15.1. The molecule has 1 aliphatic heterocycles. The van der Waals surface area contributed by atoms with Gasteiger partial charge < -0.3 is 15.4 Å². The van der Waals surface area contributed by atoms with Crippen LogP contribution in [-0.2, 0) is 13.0 Å². The molecule has 2 heterocycles. The molecule has 0 saturated carbocycles. The van der Waals surface area contributed by atoms with Crippen molar-refractivity contribution in [1.82, 2.24) is 10.3 Å². The summed E-state index contributed by atoms with van der Waals surface area (Å²) in [5.74, 6) is -3.43. The quantitative estimate of drug-likeness (QED) is 0.456. The zero-order valence-electron chi connectivity index (χ0n) is 17.4. The highest BCUT2D eigenvalue weighted by Crippen LogP contribution is 2.33. The Balaban J connectivity index is 1.74. The van der Waals surface area contributed by atoms with Crippen LogP contribution in [-0.4, -0.2) is 30.2 Å². The Morgan fingerprint density at radius 3 is 2.68 bits per heavy atom. The van der Waals surface area contributed by atoms with Gasteiger partial charge in [0.2, 0.25) is 0 Å². The molecular formula is C23H17ClF5N3O2. The van der Waals surface area contributed by atoms with Gasteiger partial charge in [0.25, 0.3) is 5.91 Å². The van der Waals surface area contributed by atoms with Crippen LogP contribution in [0.15, 0.2) is 42.5 Å². The molecule has 4 rings (SSSR count). The van der Waals surface area contributed by atoms with Crippen LogP contribution in [0.1, 0.15) is 21.6 Å². The van der Waals surface area contributed by atoms with Crippen LogP contribution < -0.4 is 15.4 Å². The Morgan fingerprint density at radius 2 is 1.94 bits per heavy atom. The van der Waals surface area contributed by atoms with Gasteiger partial charge in [-0.25, -0.2) is 8.78 Å². The molecule has 0 saturated heterocycles. The van der Waals surface area contributed by atoms with Crippen molar-refractivity contribution in [3.05, 3.63) is 75.9 Å². The molecule has 1 amide bonds. The average Bonchev–Trinajstić information content (AvgIpc) is 2.79. The number of hydrogen-bond acceptors (Lipinski definition) is 4. The van der Waals surface area contributed by atoms with Crippen molar-refractivity contribution >= 4 is 23.2 Å². The summed E-state index contributed by atoms with van der Waals surface area (Å²) in [6.45, 7) is -0.486. The number of pyridine rings is 1. The molecular weight excluding hydrogens is 481 g/mol. The molecule has 0 atom stereocenters. The second-order valence-electron chi connectivity index (χ2n) is 7.51. The van der Waals surface area contributed by atoms with Crippen molar-refractivity contribution in [2.24, 2.45) is 0 Å². The topological polar surface area (TPSA) is 63.2 Å². The first-order valence-electron chi connectivity index (χ1n) is 10.1. The molecule has 3 aromatic rings. The van der Waals surface area contributed by atoms with Crippen molar-refractivity contribution in [2.75, 3.05) is 18.5 Å². The lowest BCUT2D eigenvalue weighted by molar-refractivity contribution is -0.153. The van der Waals surface area contributed by atoms with Gasteiger partial charge in [0.05, 0.1) is 27.7 Å². The molecule has 0 unspecified atom stereocenters. The average molecular weight is 498 g/mol. The Morgan fingerprint density at radius 1 is 1.15 bits per heavy atom. The third-order valence-corrected chi connectivity index (χ3v) is 5.43. The van der Waals surface area contributed by atoms with E-state index in [1.165, 1.54) is 12.1 Å². The van der Waals surface area contributed by atoms with Crippen LogP contribution in [0, 0.1) is 11.6 Å². The SMILES string of the molecule is O=C(Nc1c(F)cccc1Cl)c1cc(F)c(-c2ccc3c(n2)CNCC3)cc1OCC(F)(F)F. The normalized spacial score (nSPS) is 13.4. The van der Waals surface area contributed by atoms with Crippen molar-refractivity contribution in [3.63, 3.8) is 0 Å². The number of carbonyl (C=O) groups is 1. The number of halogens is 6. The first kappa shape index (κ1) is 23.9. The number of nitrogens with one attached hydrogen (secondary N) is 2. The fourth-order valence-electron chi connectivity index (χ4n) is 3.49. The minimum atomic E-state index is -4.72. The molecule has 1 aliphatic rings. The number of amides is 1. The lowest BCUT2D eigenvalue weighted by Crippen LogP contribution is -2.24. The fourth-order valence-corrected chi connectivity index (χ4v) is 3.71. The minimum Gasteiger partial charge on any atom is -0.483 e. The van der Waals surface area contributed by atoms with Crippen molar-refractivity contribution in [3.8, 4) is 17.0 Å². The molecule has 34 heavy (non-hydrogen) atoms. The van der Waals surface area contributed by atoms with E-state index in [0.717, 1.165) is 36.7 Å². The molecule has 1 aromatic heterocycles. The minimum absolute atomic E-state index is 0.143. The van der Waals surface area contributed by atoms with Crippen LogP contribution in [0.5, 0.6) is 5.75 Å². The lowest BCUT2D eigenvalue weighted by Gasteiger charge is -2.18. The number of anilines is 1. The molecule has 2 aromatic carbocycles. The van der Waals surface area contributed by atoms with Gasteiger partial charge >= 0.3 is 6.18 Å². The number of alkyl halides is 3. The summed E-state index contributed by atoms with van der Waals surface area (Å²) in [5, 5.41) is 5.16. The third-order valence-electron chi connectivity index (χ3n) is 5.11. The molecule has 5 nitrogen and oxygen atoms in total. The lowest BCUT2D eigenvalue weighted by atomic mass is 10.0. The van der Waals surface area contributed by atoms with E-state index in [1.807, 2.05) is 0 Å². The molecule has 178 valence electrons. The van der Waals surface area contributed by atoms with E-state index in [0.29, 0.717) is 12.2 Å². The zero-order chi connectivity index (χ0) is 24.5. The molecule has 0 spiro atoms. The van der Waals surface area contributed by atoms with Gasteiger partial charge in [0.15, 0.2) is 6.61 Å². The van der Waals surface area contributed by atoms with E-state index in [-0.39, 0.29) is 16.3 Å². The second-order valence-corrected chi connectivity index (χ2v) is 7.92.